The number of nitrogens with two attached hydrogens (primary N) is 1. The first-order chi connectivity index (χ1) is 9.92. The Morgan fingerprint density at radius 3 is 2.61 bits per heavy atom. The Balaban J connectivity index is 0.00000242. The average Bonchev–Trinajstić information content (AvgIpc) is 2.72. The summed E-state index contributed by atoms with van der Waals surface area (Å²) < 4.78 is 1.72. The number of hydrogen-bond acceptors (Lipinski definition) is 4. The highest BCUT2D eigenvalue weighted by atomic mass is 35.5. The van der Waals surface area contributed by atoms with Crippen LogP contribution in [0.5, 0.6) is 0 Å². The number of aromatic nitrogens is 3. The summed E-state index contributed by atoms with van der Waals surface area (Å²) in [7, 11) is 1.84. The van der Waals surface area contributed by atoms with Gasteiger partial charge in [-0.05, 0) is 25.3 Å². The Hall–Kier alpha value is -1.37. The summed E-state index contributed by atoms with van der Waals surface area (Å²) >= 11 is 0. The van der Waals surface area contributed by atoms with Crippen molar-refractivity contribution in [3.63, 3.8) is 0 Å². The number of rotatable bonds is 5. The third-order valence-corrected chi connectivity index (χ3v) is 3.50. The molecule has 0 saturated carbocycles. The fourth-order valence-electron chi connectivity index (χ4n) is 2.48. The lowest BCUT2D eigenvalue weighted by Gasteiger charge is -2.18. The van der Waals surface area contributed by atoms with Crippen molar-refractivity contribution in [1.29, 1.82) is 0 Å². The number of carbonyl (C=O) groups is 1. The van der Waals surface area contributed by atoms with Crippen LogP contribution >= 0.6 is 24.8 Å². The molecule has 1 amide bonds. The second kappa shape index (κ2) is 9.05. The summed E-state index contributed by atoms with van der Waals surface area (Å²) in [4.78, 5) is 16.6. The molecule has 0 spiro atoms. The van der Waals surface area contributed by atoms with Crippen molar-refractivity contribution in [3.05, 3.63) is 23.5 Å². The van der Waals surface area contributed by atoms with Gasteiger partial charge in [0, 0.05) is 31.2 Å². The summed E-state index contributed by atoms with van der Waals surface area (Å²) in [6.45, 7) is 6.57. The zero-order chi connectivity index (χ0) is 15.6. The molecule has 0 radical (unpaired) electrons. The lowest BCUT2D eigenvalue weighted by Crippen LogP contribution is -2.41. The number of halogens is 2. The fraction of sp³-hybridized carbons (Fsp3) is 0.533. The summed E-state index contributed by atoms with van der Waals surface area (Å²) in [5.74, 6) is 0.351. The van der Waals surface area contributed by atoms with E-state index in [9.17, 15) is 4.79 Å². The normalized spacial score (nSPS) is 11.7. The van der Waals surface area contributed by atoms with Gasteiger partial charge in [-0.15, -0.1) is 24.8 Å². The largest absolute Gasteiger partial charge is 0.348 e. The van der Waals surface area contributed by atoms with Crippen LogP contribution in [-0.2, 0) is 7.05 Å². The summed E-state index contributed by atoms with van der Waals surface area (Å²) in [5, 5.41) is 8.18. The zero-order valence-corrected chi connectivity index (χ0v) is 15.5. The number of hydrogen-bond donors (Lipinski definition) is 2. The molecule has 1 unspecified atom stereocenters. The van der Waals surface area contributed by atoms with Crippen LogP contribution in [0.25, 0.3) is 11.0 Å². The maximum absolute atomic E-state index is 12.3. The molecule has 8 heteroatoms. The fourth-order valence-corrected chi connectivity index (χ4v) is 2.48. The molecule has 0 aliphatic carbocycles. The number of nitrogens with one attached hydrogen (secondary N) is 1. The molecule has 0 bridgehead atoms. The van der Waals surface area contributed by atoms with Crippen LogP contribution in [0, 0.1) is 12.8 Å². The van der Waals surface area contributed by atoms with E-state index < -0.39 is 0 Å². The predicted octanol–water partition coefficient (Wildman–Crippen LogP) is 2.22. The van der Waals surface area contributed by atoms with Gasteiger partial charge in [-0.25, -0.2) is 4.98 Å². The van der Waals surface area contributed by atoms with E-state index in [-0.39, 0.29) is 36.8 Å². The van der Waals surface area contributed by atoms with Crippen molar-refractivity contribution < 1.29 is 4.79 Å². The first kappa shape index (κ1) is 21.6. The van der Waals surface area contributed by atoms with Crippen molar-refractivity contribution >= 4 is 41.8 Å². The van der Waals surface area contributed by atoms with Crippen molar-refractivity contribution in [3.8, 4) is 0 Å². The molecule has 23 heavy (non-hydrogen) atoms. The van der Waals surface area contributed by atoms with Gasteiger partial charge in [0.2, 0.25) is 0 Å². The van der Waals surface area contributed by atoms with Gasteiger partial charge < -0.3 is 11.1 Å². The van der Waals surface area contributed by atoms with Crippen molar-refractivity contribution in [2.45, 2.75) is 33.2 Å². The minimum absolute atomic E-state index is 0. The van der Waals surface area contributed by atoms with Gasteiger partial charge in [0.05, 0.1) is 11.3 Å². The minimum Gasteiger partial charge on any atom is -0.348 e. The lowest BCUT2D eigenvalue weighted by atomic mass is 10.0. The predicted molar refractivity (Wildman–Crippen MR) is 97.5 cm³/mol. The Labute approximate surface area is 149 Å². The molecule has 1 atom stereocenters. The SMILES string of the molecule is Cc1nn(C)c2ncc(C(=O)NC(CN)CC(C)C)cc12.Cl.Cl. The highest BCUT2D eigenvalue weighted by molar-refractivity contribution is 5.97. The van der Waals surface area contributed by atoms with Gasteiger partial charge in [-0.1, -0.05) is 13.8 Å². The maximum atomic E-state index is 12.3. The summed E-state index contributed by atoms with van der Waals surface area (Å²) in [5.41, 5.74) is 7.91. The molecule has 0 aromatic carbocycles. The molecule has 0 fully saturated rings. The van der Waals surface area contributed by atoms with Crippen molar-refractivity contribution in [2.75, 3.05) is 6.54 Å². The van der Waals surface area contributed by atoms with Crippen LogP contribution in [0.2, 0.25) is 0 Å². The van der Waals surface area contributed by atoms with E-state index in [2.05, 4.69) is 29.2 Å². The van der Waals surface area contributed by atoms with E-state index in [0.29, 0.717) is 18.0 Å². The second-order valence-electron chi connectivity index (χ2n) is 5.84. The maximum Gasteiger partial charge on any atom is 0.253 e. The molecule has 2 aromatic rings. The number of nitrogens with zero attached hydrogens (tertiary/aromatic N) is 3. The Morgan fingerprint density at radius 2 is 2.04 bits per heavy atom. The number of fused-ring (bicyclic) bond motifs is 1. The molecule has 6 nitrogen and oxygen atoms in total. The molecule has 130 valence electrons. The quantitative estimate of drug-likeness (QED) is 0.854. The first-order valence-corrected chi connectivity index (χ1v) is 7.22. The van der Waals surface area contributed by atoms with Gasteiger partial charge in [0.1, 0.15) is 0 Å². The van der Waals surface area contributed by atoms with E-state index in [4.69, 9.17) is 5.73 Å². The molecule has 2 aromatic heterocycles. The number of pyridine rings is 1. The molecule has 0 aliphatic heterocycles. The molecule has 2 heterocycles. The van der Waals surface area contributed by atoms with Crippen molar-refractivity contribution in [2.24, 2.45) is 18.7 Å². The van der Waals surface area contributed by atoms with Crippen LogP contribution in [-0.4, -0.2) is 33.3 Å². The average molecular weight is 362 g/mol. The van der Waals surface area contributed by atoms with E-state index in [0.717, 1.165) is 23.1 Å². The van der Waals surface area contributed by atoms with Crippen LogP contribution in [0.4, 0.5) is 0 Å². The Kier molecular flexibility index (Phi) is 8.52. The van der Waals surface area contributed by atoms with E-state index in [1.165, 1.54) is 0 Å². The number of aryl methyl sites for hydroxylation is 2. The van der Waals surface area contributed by atoms with Gasteiger partial charge >= 0.3 is 0 Å². The zero-order valence-electron chi connectivity index (χ0n) is 13.9. The summed E-state index contributed by atoms with van der Waals surface area (Å²) in [6.07, 6.45) is 2.45. The smallest absolute Gasteiger partial charge is 0.253 e. The molecular weight excluding hydrogens is 337 g/mol. The third-order valence-electron chi connectivity index (χ3n) is 3.50. The standard InChI is InChI=1S/C15H23N5O.2ClH/c1-9(2)5-12(7-16)18-15(21)11-6-13-10(3)19-20(4)14(13)17-8-11;;/h6,8-9,12H,5,7,16H2,1-4H3,(H,18,21);2*1H. The van der Waals surface area contributed by atoms with Gasteiger partial charge in [-0.3, -0.25) is 9.48 Å². The van der Waals surface area contributed by atoms with E-state index >= 15 is 0 Å². The van der Waals surface area contributed by atoms with Crippen LogP contribution in [0.3, 0.4) is 0 Å². The van der Waals surface area contributed by atoms with Crippen LogP contribution in [0.15, 0.2) is 12.3 Å². The van der Waals surface area contributed by atoms with Crippen molar-refractivity contribution in [1.82, 2.24) is 20.1 Å². The number of amides is 1. The first-order valence-electron chi connectivity index (χ1n) is 7.22. The molecule has 0 aliphatic rings. The van der Waals surface area contributed by atoms with Gasteiger partial charge in [0.15, 0.2) is 5.65 Å². The summed E-state index contributed by atoms with van der Waals surface area (Å²) in [6, 6.07) is 1.83. The van der Waals surface area contributed by atoms with E-state index in [1.807, 2.05) is 20.0 Å². The molecule has 0 saturated heterocycles. The minimum atomic E-state index is -0.135. The van der Waals surface area contributed by atoms with Gasteiger partial charge in [-0.2, -0.15) is 5.10 Å². The van der Waals surface area contributed by atoms with E-state index in [1.54, 1.807) is 10.9 Å². The monoisotopic (exact) mass is 361 g/mol. The lowest BCUT2D eigenvalue weighted by molar-refractivity contribution is 0.0933. The highest BCUT2D eigenvalue weighted by Crippen LogP contribution is 2.16. The van der Waals surface area contributed by atoms with Gasteiger partial charge in [0.25, 0.3) is 5.91 Å². The van der Waals surface area contributed by atoms with Crippen LogP contribution < -0.4 is 11.1 Å². The topological polar surface area (TPSA) is 85.8 Å². The molecular formula is C15H25Cl2N5O. The second-order valence-corrected chi connectivity index (χ2v) is 5.84. The Bertz CT molecular complexity index is 657. The molecule has 3 N–H and O–H groups in total. The Morgan fingerprint density at radius 1 is 1.39 bits per heavy atom. The molecule has 2 rings (SSSR count). The number of carbonyl (C=O) groups excluding carboxylic acids is 1. The van der Waals surface area contributed by atoms with Crippen LogP contribution in [0.1, 0.15) is 36.3 Å². The highest BCUT2D eigenvalue weighted by Gasteiger charge is 2.16. The third kappa shape index (κ3) is 5.06.